The molecule has 0 aliphatic rings. The van der Waals surface area contributed by atoms with E-state index >= 15 is 0 Å². The number of carbonyl (C=O) groups is 1. The summed E-state index contributed by atoms with van der Waals surface area (Å²) in [6, 6.07) is 0. The minimum Gasteiger partial charge on any atom is -1.00 e. The Balaban J connectivity index is -0.00000000450. The summed E-state index contributed by atoms with van der Waals surface area (Å²) in [6.07, 6.45) is -1.83. The summed E-state index contributed by atoms with van der Waals surface area (Å²) in [4.78, 5) is 8.56. The van der Waals surface area contributed by atoms with E-state index in [4.69, 9.17) is 15.0 Å². The van der Waals surface area contributed by atoms with E-state index in [2.05, 4.69) is 0 Å². The predicted molar refractivity (Wildman–Crippen MR) is 20.1 cm³/mol. The van der Waals surface area contributed by atoms with Gasteiger partial charge in [0.05, 0.1) is 0 Å². The van der Waals surface area contributed by atoms with Crippen molar-refractivity contribution < 1.29 is 77.0 Å². The van der Waals surface area contributed by atoms with Crippen LogP contribution in [0.2, 0.25) is 0 Å². The fraction of sp³-hybridized carbons (Fsp3) is 0. The zero-order chi connectivity index (χ0) is 3.58. The second-order valence-electron chi connectivity index (χ2n) is 0.283. The van der Waals surface area contributed by atoms with E-state index in [0.717, 1.165) is 0 Å². The second-order valence-corrected chi connectivity index (χ2v) is 0.283. The number of hydrogen-bond acceptors (Lipinski definition) is 1. The molecule has 2 N–H and O–H groups in total. The van der Waals surface area contributed by atoms with Crippen LogP contribution in [0.25, 0.3) is 0 Å². The molecule has 0 aliphatic carbocycles. The van der Waals surface area contributed by atoms with Gasteiger partial charge in [0.1, 0.15) is 0 Å². The van der Waals surface area contributed by atoms with Crippen LogP contribution in [0.15, 0.2) is 0 Å². The van der Waals surface area contributed by atoms with Crippen LogP contribution < -0.4 is 59.1 Å². The van der Waals surface area contributed by atoms with E-state index in [-0.39, 0.29) is 74.4 Å². The van der Waals surface area contributed by atoms with Crippen molar-refractivity contribution in [3.8, 4) is 0 Å². The first kappa shape index (κ1) is 23.5. The maximum Gasteiger partial charge on any atom is 1.00 e. The first-order valence-corrected chi connectivity index (χ1v) is 0.651. The summed E-state index contributed by atoms with van der Waals surface area (Å²) in [6.45, 7) is 0. The van der Waals surface area contributed by atoms with E-state index in [1.807, 2.05) is 0 Å². The van der Waals surface area contributed by atoms with Crippen LogP contribution in [0.1, 0.15) is 2.85 Å². The van der Waals surface area contributed by atoms with E-state index in [1.165, 1.54) is 0 Å². The van der Waals surface area contributed by atoms with Gasteiger partial charge in [-0.25, -0.2) is 4.79 Å². The van der Waals surface area contributed by atoms with Gasteiger partial charge in [0.25, 0.3) is 0 Å². The maximum absolute atomic E-state index is 8.56. The van der Waals surface area contributed by atoms with Crippen LogP contribution in [0.3, 0.4) is 0 Å². The summed E-state index contributed by atoms with van der Waals surface area (Å²) in [7, 11) is 0. The number of rotatable bonds is 0. The number of halogens is 1. The van der Waals surface area contributed by atoms with Crippen molar-refractivity contribution in [2.24, 2.45) is 0 Å². The Kier molecular flexibility index (Phi) is 52.6. The zero-order valence-corrected chi connectivity index (χ0v) is 9.03. The van der Waals surface area contributed by atoms with Crippen molar-refractivity contribution in [3.63, 3.8) is 0 Å². The van der Waals surface area contributed by atoms with Crippen molar-refractivity contribution in [3.05, 3.63) is 0 Å². The number of hydrogen-bond donors (Lipinski definition) is 2. The molecule has 36 valence electrons. The summed E-state index contributed by atoms with van der Waals surface area (Å²) >= 11 is 0. The molecule has 0 aromatic heterocycles. The Morgan fingerprint density at radius 1 is 1.29 bits per heavy atom. The van der Waals surface area contributed by atoms with E-state index in [9.17, 15) is 0 Å². The predicted octanol–water partition coefficient (Wildman–Crippen LogP) is -5.12. The molecular weight excluding hydrogens is 141 g/mol. The van der Waals surface area contributed by atoms with Gasteiger partial charge in [-0.05, 0) is 0 Å². The van der Waals surface area contributed by atoms with E-state index in [0.29, 0.717) is 0 Å². The summed E-state index contributed by atoms with van der Waals surface area (Å²) in [5, 5.41) is 13.9. The Labute approximate surface area is 94.4 Å². The summed E-state index contributed by atoms with van der Waals surface area (Å²) in [5.74, 6) is 0. The van der Waals surface area contributed by atoms with Gasteiger partial charge in [0.15, 0.2) is 0 Å². The molecule has 6 heteroatoms. The first-order chi connectivity index (χ1) is 1.73. The van der Waals surface area contributed by atoms with Crippen molar-refractivity contribution in [2.75, 3.05) is 0 Å². The molecule has 0 amide bonds. The number of carboxylic acid groups (broad SMARTS) is 2. The molecule has 0 aromatic rings. The molecule has 0 heterocycles. The average molecular weight is 146 g/mol. The third-order valence-electron chi connectivity index (χ3n) is 0. The standard InChI is InChI=1S/CH2O3.ClH.2Na.2H/c2-1(3)4;;;;;/h(H2,2,3,4);1H;;;;/q;;2*+1;2*-1. The van der Waals surface area contributed by atoms with Crippen LogP contribution in [0, 0.1) is 0 Å². The van der Waals surface area contributed by atoms with Gasteiger partial charge in [-0.3, -0.25) is 0 Å². The SMILES string of the molecule is Cl.O=C(O)O.[H-].[H-].[Na+].[Na+]. The molecule has 0 saturated heterocycles. The van der Waals surface area contributed by atoms with E-state index < -0.39 is 6.16 Å². The molecule has 0 saturated carbocycles. The largest absolute Gasteiger partial charge is 1.00 e. The summed E-state index contributed by atoms with van der Waals surface area (Å²) in [5.41, 5.74) is 0. The fourth-order valence-electron chi connectivity index (χ4n) is 0. The molecular formula is CH5ClNa2O3. The minimum atomic E-state index is -1.83. The molecule has 0 rings (SSSR count). The molecule has 7 heavy (non-hydrogen) atoms. The Morgan fingerprint density at radius 3 is 1.29 bits per heavy atom. The van der Waals surface area contributed by atoms with Crippen LogP contribution in [0.4, 0.5) is 4.79 Å². The zero-order valence-electron chi connectivity index (χ0n) is 6.21. The van der Waals surface area contributed by atoms with Crippen molar-refractivity contribution >= 4 is 18.6 Å². The fourth-order valence-corrected chi connectivity index (χ4v) is 0. The molecule has 3 nitrogen and oxygen atoms in total. The van der Waals surface area contributed by atoms with Gasteiger partial charge in [0.2, 0.25) is 0 Å². The third-order valence-corrected chi connectivity index (χ3v) is 0. The molecule has 0 fully saturated rings. The Bertz CT molecular complexity index is 42.8. The molecule has 0 spiro atoms. The van der Waals surface area contributed by atoms with Gasteiger partial charge >= 0.3 is 65.3 Å². The van der Waals surface area contributed by atoms with Crippen molar-refractivity contribution in [1.29, 1.82) is 0 Å². The topological polar surface area (TPSA) is 57.5 Å². The molecule has 0 bridgehead atoms. The van der Waals surface area contributed by atoms with Crippen LogP contribution in [-0.4, -0.2) is 16.4 Å². The average Bonchev–Trinajstić information content (AvgIpc) is 0.811. The van der Waals surface area contributed by atoms with Gasteiger partial charge in [0, 0.05) is 0 Å². The van der Waals surface area contributed by atoms with Gasteiger partial charge in [-0.2, -0.15) is 0 Å². The minimum absolute atomic E-state index is 0. The Hall–Kier alpha value is 1.56. The normalized spacial score (nSPS) is 3.43. The van der Waals surface area contributed by atoms with Gasteiger partial charge in [-0.1, -0.05) is 0 Å². The molecule has 0 atom stereocenters. The molecule has 0 radical (unpaired) electrons. The molecule has 0 aliphatic heterocycles. The monoisotopic (exact) mass is 146 g/mol. The quantitative estimate of drug-likeness (QED) is 0.336. The van der Waals surface area contributed by atoms with Crippen molar-refractivity contribution in [1.82, 2.24) is 0 Å². The third kappa shape index (κ3) is 96.0. The maximum atomic E-state index is 8.56. The summed E-state index contributed by atoms with van der Waals surface area (Å²) < 4.78 is 0. The van der Waals surface area contributed by atoms with Crippen LogP contribution in [-0.2, 0) is 0 Å². The van der Waals surface area contributed by atoms with Crippen LogP contribution >= 0.6 is 12.4 Å². The van der Waals surface area contributed by atoms with Crippen LogP contribution in [0.5, 0.6) is 0 Å². The van der Waals surface area contributed by atoms with Crippen molar-refractivity contribution in [2.45, 2.75) is 0 Å². The first-order valence-electron chi connectivity index (χ1n) is 0.651. The smallest absolute Gasteiger partial charge is 1.00 e. The van der Waals surface area contributed by atoms with Gasteiger partial charge in [-0.15, -0.1) is 12.4 Å². The Morgan fingerprint density at radius 2 is 1.29 bits per heavy atom. The molecule has 0 unspecified atom stereocenters. The van der Waals surface area contributed by atoms with E-state index in [1.54, 1.807) is 0 Å². The second kappa shape index (κ2) is 15.6. The molecule has 0 aromatic carbocycles. The van der Waals surface area contributed by atoms with Gasteiger partial charge < -0.3 is 13.1 Å².